The highest BCUT2D eigenvalue weighted by atomic mass is 16.6. The molecule has 0 amide bonds. The van der Waals surface area contributed by atoms with Gasteiger partial charge in [0, 0.05) is 0 Å². The second-order valence-corrected chi connectivity index (χ2v) is 2.81. The summed E-state index contributed by atoms with van der Waals surface area (Å²) in [4.78, 5) is 0. The van der Waals surface area contributed by atoms with Crippen molar-refractivity contribution >= 4 is 0 Å². The van der Waals surface area contributed by atoms with Crippen LogP contribution in [0.15, 0.2) is 0 Å². The Morgan fingerprint density at radius 1 is 1.15 bits per heavy atom. The van der Waals surface area contributed by atoms with Crippen LogP contribution in [0, 0.1) is 0 Å². The Kier molecular flexibility index (Phi) is 4.71. The maximum atomic E-state index is 9.20. The first-order valence-electron chi connectivity index (χ1n) is 3.64. The molecular weight excluding hydrogens is 182 g/mol. The fraction of sp³-hybridized carbons (Fsp3) is 1.00. The fourth-order valence-electron chi connectivity index (χ4n) is 1.12. The maximum absolute atomic E-state index is 9.20. The molecule has 1 rings (SSSR count). The molecule has 8 N–H and O–H groups in total. The summed E-state index contributed by atoms with van der Waals surface area (Å²) in [5.74, 6) is 0. The summed E-state index contributed by atoms with van der Waals surface area (Å²) >= 11 is 0. The van der Waals surface area contributed by atoms with Gasteiger partial charge in [0.15, 0.2) is 6.29 Å². The predicted octanol–water partition coefficient (Wildman–Crippen LogP) is -4.08. The minimum atomic E-state index is -1.35. The summed E-state index contributed by atoms with van der Waals surface area (Å²) < 4.78 is 4.70. The van der Waals surface area contributed by atoms with Gasteiger partial charge in [-0.15, -0.1) is 0 Å². The number of ether oxygens (including phenoxy) is 1. The minimum absolute atomic E-state index is 0. The molecule has 0 aromatic rings. The zero-order valence-corrected chi connectivity index (χ0v) is 6.87. The van der Waals surface area contributed by atoms with Crippen molar-refractivity contribution < 1.29 is 30.6 Å². The van der Waals surface area contributed by atoms with Gasteiger partial charge in [-0.3, -0.25) is 0 Å². The highest BCUT2D eigenvalue weighted by molar-refractivity contribution is 4.90. The van der Waals surface area contributed by atoms with Gasteiger partial charge in [-0.25, -0.2) is 0 Å². The molecule has 13 heavy (non-hydrogen) atoms. The summed E-state index contributed by atoms with van der Waals surface area (Å²) in [6.07, 6.45) is -4.85. The van der Waals surface area contributed by atoms with Gasteiger partial charge in [-0.1, -0.05) is 0 Å². The van der Waals surface area contributed by atoms with E-state index in [1.54, 1.807) is 0 Å². The lowest BCUT2D eigenvalue weighted by Gasteiger charge is -2.38. The number of aliphatic hydroxyl groups is 4. The van der Waals surface area contributed by atoms with E-state index in [1.165, 1.54) is 0 Å². The Bertz CT molecular complexity index is 151. The minimum Gasteiger partial charge on any atom is -0.412 e. The van der Waals surface area contributed by atoms with Gasteiger partial charge >= 0.3 is 0 Å². The standard InChI is InChI=1S/C6H13NO5.H2O/c7-3-5(10)4(9)2(1-8)12-6(3)11;/h2-6,8-11H,1,7H2;1H2/t2-,3-,4-,5-,6-;/m1./s1. The molecule has 7 nitrogen and oxygen atoms in total. The maximum Gasteiger partial charge on any atom is 0.173 e. The van der Waals surface area contributed by atoms with Crippen molar-refractivity contribution in [2.45, 2.75) is 30.6 Å². The first-order chi connectivity index (χ1) is 5.57. The molecule has 1 heterocycles. The molecule has 1 saturated heterocycles. The van der Waals surface area contributed by atoms with Gasteiger partial charge in [0.25, 0.3) is 0 Å². The Hall–Kier alpha value is -0.280. The van der Waals surface area contributed by atoms with Crippen molar-refractivity contribution in [1.82, 2.24) is 0 Å². The van der Waals surface area contributed by atoms with Crippen molar-refractivity contribution in [3.63, 3.8) is 0 Å². The first kappa shape index (κ1) is 12.7. The van der Waals surface area contributed by atoms with Crippen LogP contribution in [0.2, 0.25) is 0 Å². The summed E-state index contributed by atoms with van der Waals surface area (Å²) in [7, 11) is 0. The number of aliphatic hydroxyl groups excluding tert-OH is 4. The summed E-state index contributed by atoms with van der Waals surface area (Å²) in [6, 6.07) is -1.04. The third kappa shape index (κ3) is 2.35. The van der Waals surface area contributed by atoms with Crippen molar-refractivity contribution in [1.29, 1.82) is 0 Å². The lowest BCUT2D eigenvalue weighted by Crippen LogP contribution is -2.61. The van der Waals surface area contributed by atoms with Crippen LogP contribution >= 0.6 is 0 Å². The number of hydrogen-bond acceptors (Lipinski definition) is 6. The third-order valence-electron chi connectivity index (χ3n) is 1.95. The van der Waals surface area contributed by atoms with Gasteiger partial charge in [-0.05, 0) is 0 Å². The molecule has 0 unspecified atom stereocenters. The van der Waals surface area contributed by atoms with Crippen LogP contribution < -0.4 is 5.73 Å². The van der Waals surface area contributed by atoms with E-state index in [4.69, 9.17) is 20.7 Å². The van der Waals surface area contributed by atoms with E-state index >= 15 is 0 Å². The molecule has 0 radical (unpaired) electrons. The lowest BCUT2D eigenvalue weighted by atomic mass is 9.98. The molecule has 0 aliphatic carbocycles. The Balaban J connectivity index is 0.00000144. The highest BCUT2D eigenvalue weighted by Gasteiger charge is 2.41. The molecule has 0 bridgehead atoms. The molecule has 0 aromatic heterocycles. The number of rotatable bonds is 1. The van der Waals surface area contributed by atoms with Gasteiger partial charge < -0.3 is 36.4 Å². The zero-order valence-electron chi connectivity index (χ0n) is 6.87. The van der Waals surface area contributed by atoms with E-state index in [9.17, 15) is 10.2 Å². The molecule has 80 valence electrons. The van der Waals surface area contributed by atoms with Gasteiger partial charge in [0.2, 0.25) is 0 Å². The van der Waals surface area contributed by atoms with Crippen molar-refractivity contribution in [3.05, 3.63) is 0 Å². The van der Waals surface area contributed by atoms with E-state index in [0.29, 0.717) is 0 Å². The van der Waals surface area contributed by atoms with Crippen LogP contribution in [0.4, 0.5) is 0 Å². The molecule has 0 saturated carbocycles. The highest BCUT2D eigenvalue weighted by Crippen LogP contribution is 2.17. The SMILES string of the molecule is N[C@@H]1[C@@H](O)[C@H](O)[C@@H](CO)O[C@H]1O.O. The monoisotopic (exact) mass is 197 g/mol. The van der Waals surface area contributed by atoms with Crippen LogP contribution in [0.5, 0.6) is 0 Å². The number of hydrogen-bond donors (Lipinski definition) is 5. The van der Waals surface area contributed by atoms with E-state index in [2.05, 4.69) is 0 Å². The Morgan fingerprint density at radius 2 is 1.69 bits per heavy atom. The molecule has 5 atom stereocenters. The third-order valence-corrected chi connectivity index (χ3v) is 1.95. The van der Waals surface area contributed by atoms with Gasteiger partial charge in [0.05, 0.1) is 12.6 Å². The van der Waals surface area contributed by atoms with Crippen molar-refractivity contribution in [3.8, 4) is 0 Å². The normalized spacial score (nSPS) is 45.5. The molecule has 0 spiro atoms. The van der Waals surface area contributed by atoms with E-state index < -0.39 is 37.3 Å². The van der Waals surface area contributed by atoms with Crippen LogP contribution in [0.3, 0.4) is 0 Å². The summed E-state index contributed by atoms with van der Waals surface area (Å²) in [5, 5.41) is 36.1. The van der Waals surface area contributed by atoms with Crippen LogP contribution in [0.1, 0.15) is 0 Å². The van der Waals surface area contributed by atoms with Gasteiger partial charge in [-0.2, -0.15) is 0 Å². The van der Waals surface area contributed by atoms with Crippen LogP contribution in [-0.2, 0) is 4.74 Å². The average Bonchev–Trinajstić information content (AvgIpc) is 2.08. The fourth-order valence-corrected chi connectivity index (χ4v) is 1.12. The van der Waals surface area contributed by atoms with Crippen molar-refractivity contribution in [2.24, 2.45) is 5.73 Å². The Morgan fingerprint density at radius 3 is 2.15 bits per heavy atom. The average molecular weight is 197 g/mol. The molecule has 1 aliphatic heterocycles. The van der Waals surface area contributed by atoms with Crippen molar-refractivity contribution in [2.75, 3.05) is 6.61 Å². The second kappa shape index (κ2) is 4.82. The second-order valence-electron chi connectivity index (χ2n) is 2.81. The summed E-state index contributed by atoms with van der Waals surface area (Å²) in [5.41, 5.74) is 5.26. The quantitative estimate of drug-likeness (QED) is 0.288. The topological polar surface area (TPSA) is 148 Å². The van der Waals surface area contributed by atoms with E-state index in [0.717, 1.165) is 0 Å². The van der Waals surface area contributed by atoms with E-state index in [-0.39, 0.29) is 5.48 Å². The first-order valence-corrected chi connectivity index (χ1v) is 3.64. The zero-order chi connectivity index (χ0) is 9.30. The lowest BCUT2D eigenvalue weighted by molar-refractivity contribution is -0.248. The Labute approximate surface area is 74.7 Å². The molecule has 7 heteroatoms. The van der Waals surface area contributed by atoms with Crippen LogP contribution in [0.25, 0.3) is 0 Å². The smallest absolute Gasteiger partial charge is 0.173 e. The summed E-state index contributed by atoms with van der Waals surface area (Å²) in [6.45, 7) is -0.470. The van der Waals surface area contributed by atoms with Crippen LogP contribution in [-0.4, -0.2) is 63.2 Å². The largest absolute Gasteiger partial charge is 0.412 e. The number of nitrogens with two attached hydrogens (primary N) is 1. The predicted molar refractivity (Wildman–Crippen MR) is 41.6 cm³/mol. The molecule has 1 fully saturated rings. The molecule has 0 aromatic carbocycles. The van der Waals surface area contributed by atoms with E-state index in [1.807, 2.05) is 0 Å². The molecular formula is C6H15NO6. The van der Waals surface area contributed by atoms with Gasteiger partial charge in [0.1, 0.15) is 18.3 Å². The molecule has 1 aliphatic rings.